The maximum absolute atomic E-state index is 14.4. The van der Waals surface area contributed by atoms with E-state index in [1.54, 1.807) is 85.7 Å². The quantitative estimate of drug-likeness (QED) is 0.0330. The first-order valence-corrected chi connectivity index (χ1v) is 23.3. The average Bonchev–Trinajstić information content (AvgIpc) is 3.23. The second-order valence-electron chi connectivity index (χ2n) is 18.1. The van der Waals surface area contributed by atoms with E-state index in [-0.39, 0.29) is 36.1 Å². The zero-order valence-electron chi connectivity index (χ0n) is 40.1. The minimum absolute atomic E-state index is 0.0983. The lowest BCUT2D eigenvalue weighted by Crippen LogP contribution is -2.62. The zero-order valence-corrected chi connectivity index (χ0v) is 41.0. The van der Waals surface area contributed by atoms with Gasteiger partial charge >= 0.3 is 11.9 Å². The van der Waals surface area contributed by atoms with E-state index >= 15 is 0 Å². The van der Waals surface area contributed by atoms with E-state index in [1.807, 2.05) is 6.92 Å². The summed E-state index contributed by atoms with van der Waals surface area (Å²) in [4.78, 5) is 140. The Bertz CT molecular complexity index is 2140. The fraction of sp³-hybridized carbons (Fsp3) is 0.565. The first-order valence-electron chi connectivity index (χ1n) is 22.3. The summed E-state index contributed by atoms with van der Waals surface area (Å²) >= 11 is 0.941. The van der Waals surface area contributed by atoms with Gasteiger partial charge in [0.05, 0.1) is 18.2 Å². The minimum Gasteiger partial charge on any atom is -0.481 e. The molecular formula is C46H67N9O12S. The van der Waals surface area contributed by atoms with Crippen LogP contribution in [-0.4, -0.2) is 121 Å². The van der Waals surface area contributed by atoms with Crippen LogP contribution in [0, 0.1) is 32.1 Å². The van der Waals surface area contributed by atoms with Gasteiger partial charge in [-0.15, -0.1) is 0 Å². The molecule has 2 aromatic rings. The molecule has 2 rings (SSSR count). The number of Topliss-reactive ketones (excluding diaryl/α,β-unsaturated/α-hetero) is 1. The van der Waals surface area contributed by atoms with Crippen LogP contribution in [0.15, 0.2) is 35.5 Å². The van der Waals surface area contributed by atoms with Crippen molar-refractivity contribution in [2.75, 3.05) is 5.75 Å². The Morgan fingerprint density at radius 2 is 1.24 bits per heavy atom. The Kier molecular flexibility index (Phi) is 23.2. The summed E-state index contributed by atoms with van der Waals surface area (Å²) in [5.74, 6) is -10.8. The zero-order chi connectivity index (χ0) is 51.5. The summed E-state index contributed by atoms with van der Waals surface area (Å²) in [6.45, 7) is 15.7. The smallest absolute Gasteiger partial charge is 0.305 e. The lowest BCUT2D eigenvalue weighted by atomic mass is 9.85. The summed E-state index contributed by atoms with van der Waals surface area (Å²) in [5, 5.41) is 34.7. The topological polar surface area (TPSA) is 335 Å². The van der Waals surface area contributed by atoms with Gasteiger partial charge < -0.3 is 47.8 Å². The second kappa shape index (κ2) is 27.4. The van der Waals surface area contributed by atoms with Crippen molar-refractivity contribution in [1.29, 1.82) is 0 Å². The van der Waals surface area contributed by atoms with Crippen molar-refractivity contribution in [1.82, 2.24) is 41.9 Å². The Hall–Kier alpha value is -6.45. The summed E-state index contributed by atoms with van der Waals surface area (Å²) in [7, 11) is 0. The highest BCUT2D eigenvalue weighted by molar-refractivity contribution is 7.99. The molecule has 374 valence electrons. The molecule has 1 aromatic heterocycles. The standard InChI is InChI=1S/C46H67N9O12S/c1-10-11-16-29(37(61)39(47)62)51-41(64)31(19-24(2)3)54-44(67)38(46(7,8)9)55-43(66)32(21-28-15-13-12-14-25(28)4)53-40(63)30(17-18-35(57)58)52-42(65)33(22-36(59)60)50-34(56)23-68-45-48-26(5)20-27(6)49-45/h12-15,20,24,29-33,38H,10-11,16-19,21-23H2,1-9H3,(H2,47,62)(H,50,56)(H,51,64)(H,52,65)(H,53,63)(H,54,67)(H,55,66)(H,57,58)(H,59,60)/t29?,30-,31-,32-,33-,38+/m0/s1. The van der Waals surface area contributed by atoms with Crippen LogP contribution < -0.4 is 37.6 Å². The molecule has 22 heteroatoms. The maximum atomic E-state index is 14.4. The largest absolute Gasteiger partial charge is 0.481 e. The van der Waals surface area contributed by atoms with Crippen molar-refractivity contribution in [3.8, 4) is 0 Å². The maximum Gasteiger partial charge on any atom is 0.305 e. The van der Waals surface area contributed by atoms with Crippen LogP contribution in [0.5, 0.6) is 0 Å². The number of carbonyl (C=O) groups is 10. The number of nitrogens with zero attached hydrogens (tertiary/aromatic N) is 2. The molecule has 0 bridgehead atoms. The van der Waals surface area contributed by atoms with Gasteiger partial charge in [-0.25, -0.2) is 9.97 Å². The third kappa shape index (κ3) is 20.2. The highest BCUT2D eigenvalue weighted by atomic mass is 32.2. The predicted molar refractivity (Wildman–Crippen MR) is 250 cm³/mol. The Morgan fingerprint density at radius 3 is 1.78 bits per heavy atom. The Balaban J connectivity index is 2.47. The van der Waals surface area contributed by atoms with Crippen LogP contribution in [0.4, 0.5) is 0 Å². The molecule has 7 amide bonds. The first-order chi connectivity index (χ1) is 31.7. The van der Waals surface area contributed by atoms with E-state index in [0.717, 1.165) is 17.3 Å². The number of hydrogen-bond acceptors (Lipinski definition) is 13. The summed E-state index contributed by atoms with van der Waals surface area (Å²) in [6, 6.07) is -0.0182. The SMILES string of the molecule is CCCCC(NC(=O)[C@H](CC(C)C)NC(=O)[C@@H](NC(=O)[C@H](Cc1ccccc1C)NC(=O)[C@H](CCC(=O)O)NC(=O)[C@H](CC(=O)O)NC(=O)CSc1nc(C)cc(C)n1)C(C)(C)C)C(=O)C(N)=O. The molecule has 6 atom stereocenters. The average molecular weight is 970 g/mol. The molecule has 0 saturated heterocycles. The Labute approximate surface area is 400 Å². The van der Waals surface area contributed by atoms with Crippen LogP contribution in [0.2, 0.25) is 0 Å². The van der Waals surface area contributed by atoms with Gasteiger partial charge in [-0.1, -0.05) is 90.4 Å². The lowest BCUT2D eigenvalue weighted by molar-refractivity contribution is -0.141. The van der Waals surface area contributed by atoms with Gasteiger partial charge in [0.1, 0.15) is 30.2 Å². The van der Waals surface area contributed by atoms with Crippen molar-refractivity contribution < 1.29 is 58.2 Å². The summed E-state index contributed by atoms with van der Waals surface area (Å²) in [6.07, 6.45) is -0.864. The summed E-state index contributed by atoms with van der Waals surface area (Å²) < 4.78 is 0. The number of primary amides is 1. The highest BCUT2D eigenvalue weighted by Crippen LogP contribution is 2.22. The van der Waals surface area contributed by atoms with Crippen LogP contribution >= 0.6 is 11.8 Å². The lowest BCUT2D eigenvalue weighted by Gasteiger charge is -2.34. The number of ketones is 1. The van der Waals surface area contributed by atoms with E-state index in [0.29, 0.717) is 29.8 Å². The number of unbranched alkanes of at least 4 members (excludes halogenated alkanes) is 1. The number of thioether (sulfide) groups is 1. The molecule has 0 radical (unpaired) electrons. The van der Waals surface area contributed by atoms with Gasteiger partial charge in [-0.2, -0.15) is 0 Å². The predicted octanol–water partition coefficient (Wildman–Crippen LogP) is 1.32. The van der Waals surface area contributed by atoms with Crippen LogP contribution in [-0.2, 0) is 54.4 Å². The van der Waals surface area contributed by atoms with Crippen molar-refractivity contribution >= 4 is 70.8 Å². The molecule has 68 heavy (non-hydrogen) atoms. The van der Waals surface area contributed by atoms with E-state index in [4.69, 9.17) is 5.73 Å². The van der Waals surface area contributed by atoms with Gasteiger partial charge in [-0.3, -0.25) is 47.9 Å². The molecule has 0 saturated carbocycles. The second-order valence-corrected chi connectivity index (χ2v) is 19.0. The van der Waals surface area contributed by atoms with Crippen molar-refractivity contribution in [3.63, 3.8) is 0 Å². The van der Waals surface area contributed by atoms with E-state index in [1.165, 1.54) is 0 Å². The number of carboxylic acids is 2. The number of aryl methyl sites for hydroxylation is 3. The Morgan fingerprint density at radius 1 is 0.691 bits per heavy atom. The van der Waals surface area contributed by atoms with Gasteiger partial charge in [0.25, 0.3) is 5.91 Å². The number of nitrogens with one attached hydrogen (secondary N) is 6. The molecule has 1 heterocycles. The third-order valence-corrected chi connectivity index (χ3v) is 11.2. The van der Waals surface area contributed by atoms with Gasteiger partial charge in [-0.05, 0) is 68.6 Å². The number of aromatic nitrogens is 2. The summed E-state index contributed by atoms with van der Waals surface area (Å²) in [5.41, 5.74) is 6.84. The molecule has 1 aromatic carbocycles. The third-order valence-electron chi connectivity index (χ3n) is 10.4. The minimum atomic E-state index is -1.72. The van der Waals surface area contributed by atoms with Crippen molar-refractivity contribution in [2.45, 2.75) is 155 Å². The van der Waals surface area contributed by atoms with Crippen molar-refractivity contribution in [3.05, 3.63) is 52.8 Å². The number of benzene rings is 1. The van der Waals surface area contributed by atoms with Gasteiger partial charge in [0.2, 0.25) is 41.2 Å². The molecule has 0 spiro atoms. The van der Waals surface area contributed by atoms with Gasteiger partial charge in [0, 0.05) is 24.2 Å². The number of rotatable bonds is 28. The fourth-order valence-electron chi connectivity index (χ4n) is 6.85. The fourth-order valence-corrected chi connectivity index (χ4v) is 7.62. The van der Waals surface area contributed by atoms with E-state index < -0.39 is 120 Å². The molecule has 1 unspecified atom stereocenters. The highest BCUT2D eigenvalue weighted by Gasteiger charge is 2.39. The molecule has 0 aliphatic heterocycles. The number of aliphatic carboxylic acids is 2. The van der Waals surface area contributed by atoms with Crippen LogP contribution in [0.3, 0.4) is 0 Å². The first kappa shape index (κ1) is 57.7. The number of amides is 7. The van der Waals surface area contributed by atoms with E-state index in [9.17, 15) is 58.2 Å². The van der Waals surface area contributed by atoms with Gasteiger partial charge in [0.15, 0.2) is 5.16 Å². The molecule has 0 fully saturated rings. The number of carbonyl (C=O) groups excluding carboxylic acids is 8. The van der Waals surface area contributed by atoms with E-state index in [2.05, 4.69) is 41.9 Å². The normalized spacial score (nSPS) is 13.9. The number of hydrogen-bond donors (Lipinski definition) is 9. The number of carboxylic acid groups (broad SMARTS) is 2. The van der Waals surface area contributed by atoms with Crippen molar-refractivity contribution in [2.24, 2.45) is 17.1 Å². The molecule has 10 N–H and O–H groups in total. The number of nitrogens with two attached hydrogens (primary N) is 1. The monoisotopic (exact) mass is 969 g/mol. The molecular weight excluding hydrogens is 903 g/mol. The van der Waals surface area contributed by atoms with Crippen LogP contribution in [0.25, 0.3) is 0 Å². The molecule has 0 aliphatic rings. The molecule has 21 nitrogen and oxygen atoms in total. The van der Waals surface area contributed by atoms with Crippen LogP contribution in [0.1, 0.15) is 109 Å². The molecule has 0 aliphatic carbocycles.